The summed E-state index contributed by atoms with van der Waals surface area (Å²) in [5.74, 6) is 0. The monoisotopic (exact) mass is 327 g/mol. The summed E-state index contributed by atoms with van der Waals surface area (Å²) >= 11 is 39.1. The number of hydrogen-bond donors (Lipinski definition) is 1. The zero-order valence-electron chi connectivity index (χ0n) is 5.43. The van der Waals surface area contributed by atoms with Gasteiger partial charge in [-0.25, -0.2) is 0 Å². The Balaban J connectivity index is 4.85. The molecule has 0 unspecified atom stereocenters. The minimum absolute atomic E-state index is 1.43. The molecule has 0 saturated carbocycles. The van der Waals surface area contributed by atoms with E-state index in [1.807, 2.05) is 0 Å². The van der Waals surface area contributed by atoms with Crippen LogP contribution < -0.4 is 5.40 Å². The molecule has 0 atom stereocenters. The lowest BCUT2D eigenvalue weighted by Gasteiger charge is -2.36. The van der Waals surface area contributed by atoms with Gasteiger partial charge in [0.25, 0.3) is 0 Å². The SMILES string of the molecule is N[SiH2]C(Cl)(Cl)C(Cl)(Cl)C(Cl)(Cl)Cl. The molecule has 74 valence electrons. The maximum Gasteiger partial charge on any atom is 0.225 e. The van der Waals surface area contributed by atoms with Crippen molar-refractivity contribution in [1.29, 1.82) is 0 Å². The zero-order chi connectivity index (χ0) is 10.2. The molecular weight excluding hydrogens is 326 g/mol. The fraction of sp³-hybridized carbons (Fsp3) is 1.00. The normalized spacial score (nSPS) is 16.0. The lowest BCUT2D eigenvalue weighted by atomic mass is 10.5. The third kappa shape index (κ3) is 2.85. The van der Waals surface area contributed by atoms with Crippen LogP contribution >= 0.6 is 81.2 Å². The topological polar surface area (TPSA) is 26.0 Å². The number of hydrogen-bond acceptors (Lipinski definition) is 1. The van der Waals surface area contributed by atoms with Crippen LogP contribution in [0.4, 0.5) is 0 Å². The predicted molar refractivity (Wildman–Crippen MR) is 61.9 cm³/mol. The van der Waals surface area contributed by atoms with E-state index in [9.17, 15) is 0 Å². The molecule has 9 heteroatoms. The van der Waals surface area contributed by atoms with Crippen molar-refractivity contribution < 1.29 is 0 Å². The highest BCUT2D eigenvalue weighted by molar-refractivity contribution is 6.84. The lowest BCUT2D eigenvalue weighted by molar-refractivity contribution is 0.809. The molecule has 0 aliphatic carbocycles. The summed E-state index contributed by atoms with van der Waals surface area (Å²) in [6.45, 7) is 0. The quantitative estimate of drug-likeness (QED) is 0.611. The molecule has 0 aromatic carbocycles. The van der Waals surface area contributed by atoms with E-state index in [1.54, 1.807) is 0 Å². The Morgan fingerprint density at radius 3 is 1.25 bits per heavy atom. The summed E-state index contributed by atoms with van der Waals surface area (Å²) in [6, 6.07) is 0. The van der Waals surface area contributed by atoms with Crippen LogP contribution in [0.1, 0.15) is 0 Å². The average molecular weight is 330 g/mol. The van der Waals surface area contributed by atoms with E-state index in [0.29, 0.717) is 0 Å². The number of alkyl halides is 7. The van der Waals surface area contributed by atoms with Crippen LogP contribution in [-0.4, -0.2) is 21.8 Å². The standard InChI is InChI=1S/C3H4Cl7NSi/c4-1(5,2(6,7)8)3(9,10)12-11/h11-12H2. The van der Waals surface area contributed by atoms with Gasteiger partial charge in [-0.05, 0) is 0 Å². The molecule has 12 heavy (non-hydrogen) atoms. The molecule has 1 nitrogen and oxygen atoms in total. The smallest absolute Gasteiger partial charge is 0.225 e. The van der Waals surface area contributed by atoms with Crippen LogP contribution in [0.25, 0.3) is 0 Å². The van der Waals surface area contributed by atoms with E-state index in [0.717, 1.165) is 0 Å². The summed E-state index contributed by atoms with van der Waals surface area (Å²) in [4.78, 5) is 0. The highest BCUT2D eigenvalue weighted by Gasteiger charge is 2.59. The van der Waals surface area contributed by atoms with Crippen molar-refractivity contribution >= 4 is 90.9 Å². The molecule has 0 aliphatic rings. The van der Waals surface area contributed by atoms with Gasteiger partial charge in [0.15, 0.2) is 8.29 Å². The molecule has 0 aromatic rings. The molecule has 0 saturated heterocycles. The molecule has 0 rings (SSSR count). The van der Waals surface area contributed by atoms with Crippen molar-refractivity contribution in [3.8, 4) is 0 Å². The zero-order valence-corrected chi connectivity index (χ0v) is 12.1. The summed E-state index contributed by atoms with van der Waals surface area (Å²) in [6.07, 6.45) is 0. The summed E-state index contributed by atoms with van der Waals surface area (Å²) in [5.41, 5.74) is 0. The molecule has 0 amide bonds. The Labute approximate surface area is 108 Å². The van der Waals surface area contributed by atoms with Gasteiger partial charge < -0.3 is 5.40 Å². The van der Waals surface area contributed by atoms with E-state index >= 15 is 0 Å². The van der Waals surface area contributed by atoms with Gasteiger partial charge in [0.1, 0.15) is 9.68 Å². The van der Waals surface area contributed by atoms with Crippen LogP contribution in [0.3, 0.4) is 0 Å². The average Bonchev–Trinajstić information content (AvgIpc) is 1.85. The van der Waals surface area contributed by atoms with Crippen LogP contribution in [-0.2, 0) is 0 Å². The van der Waals surface area contributed by atoms with Crippen LogP contribution in [0, 0.1) is 0 Å². The Hall–Kier alpha value is 2.21. The van der Waals surface area contributed by atoms with E-state index in [-0.39, 0.29) is 0 Å². The van der Waals surface area contributed by atoms with Crippen molar-refractivity contribution in [1.82, 2.24) is 0 Å². The van der Waals surface area contributed by atoms with Gasteiger partial charge in [0.2, 0.25) is 3.79 Å². The van der Waals surface area contributed by atoms with Crippen LogP contribution in [0.15, 0.2) is 0 Å². The Morgan fingerprint density at radius 1 is 0.833 bits per heavy atom. The minimum Gasteiger partial charge on any atom is -0.353 e. The number of halogens is 7. The van der Waals surface area contributed by atoms with Crippen molar-refractivity contribution in [3.05, 3.63) is 0 Å². The minimum atomic E-state index is -1.98. The van der Waals surface area contributed by atoms with E-state index in [1.165, 1.54) is 0 Å². The summed E-state index contributed by atoms with van der Waals surface area (Å²) in [7, 11) is -1.43. The van der Waals surface area contributed by atoms with Crippen LogP contribution in [0.2, 0.25) is 0 Å². The van der Waals surface area contributed by atoms with Crippen molar-refractivity contribution in [2.24, 2.45) is 5.40 Å². The van der Waals surface area contributed by atoms with Crippen molar-refractivity contribution in [2.75, 3.05) is 0 Å². The molecular formula is C3H4Cl7NSi. The third-order valence-electron chi connectivity index (χ3n) is 1.07. The molecule has 0 radical (unpaired) electrons. The first-order valence-electron chi connectivity index (χ1n) is 2.58. The number of nitrogens with two attached hydrogens (primary N) is 1. The van der Waals surface area contributed by atoms with Gasteiger partial charge in [0.05, 0.1) is 0 Å². The first kappa shape index (κ1) is 14.2. The molecule has 0 aromatic heterocycles. The fourth-order valence-corrected chi connectivity index (χ4v) is 2.71. The molecule has 0 fully saturated rings. The van der Waals surface area contributed by atoms with Crippen molar-refractivity contribution in [2.45, 2.75) is 12.1 Å². The van der Waals surface area contributed by atoms with E-state index < -0.39 is 21.8 Å². The Kier molecular flexibility index (Phi) is 5.18. The van der Waals surface area contributed by atoms with Gasteiger partial charge in [-0.2, -0.15) is 0 Å². The van der Waals surface area contributed by atoms with Gasteiger partial charge in [-0.15, -0.1) is 23.2 Å². The Bertz CT molecular complexity index is 163. The highest BCUT2D eigenvalue weighted by Crippen LogP contribution is 2.55. The Morgan fingerprint density at radius 2 is 1.17 bits per heavy atom. The maximum atomic E-state index is 5.68. The molecule has 0 heterocycles. The maximum absolute atomic E-state index is 5.68. The van der Waals surface area contributed by atoms with E-state index in [4.69, 9.17) is 86.6 Å². The fourth-order valence-electron chi connectivity index (χ4n) is 0.336. The van der Waals surface area contributed by atoms with Gasteiger partial charge in [-0.1, -0.05) is 58.0 Å². The first-order valence-corrected chi connectivity index (χ1v) is 6.75. The second-order valence-corrected chi connectivity index (χ2v) is 9.44. The lowest BCUT2D eigenvalue weighted by Crippen LogP contribution is -2.52. The molecule has 0 bridgehead atoms. The first-order chi connectivity index (χ1) is 5.06. The summed E-state index contributed by atoms with van der Waals surface area (Å²) < 4.78 is -5.47. The molecule has 2 N–H and O–H groups in total. The van der Waals surface area contributed by atoms with Crippen LogP contribution in [0.5, 0.6) is 0 Å². The third-order valence-corrected chi connectivity index (χ3v) is 7.09. The molecule has 0 aliphatic heterocycles. The summed E-state index contributed by atoms with van der Waals surface area (Å²) in [5, 5.41) is 5.32. The largest absolute Gasteiger partial charge is 0.353 e. The van der Waals surface area contributed by atoms with Gasteiger partial charge >= 0.3 is 0 Å². The van der Waals surface area contributed by atoms with Gasteiger partial charge in [0, 0.05) is 0 Å². The second-order valence-electron chi connectivity index (χ2n) is 1.98. The van der Waals surface area contributed by atoms with Crippen molar-refractivity contribution in [3.63, 3.8) is 0 Å². The highest BCUT2D eigenvalue weighted by atomic mass is 35.6. The second kappa shape index (κ2) is 4.38. The van der Waals surface area contributed by atoms with Gasteiger partial charge in [-0.3, -0.25) is 0 Å². The number of rotatable bonds is 2. The predicted octanol–water partition coefficient (Wildman–Crippen LogP) is 2.70. The van der Waals surface area contributed by atoms with E-state index in [2.05, 4.69) is 0 Å². The molecule has 0 spiro atoms.